The molecule has 90 valence electrons. The lowest BCUT2D eigenvalue weighted by Crippen LogP contribution is -2.10. The van der Waals surface area contributed by atoms with Gasteiger partial charge in [0.2, 0.25) is 0 Å². The van der Waals surface area contributed by atoms with Crippen molar-refractivity contribution >= 4 is 0 Å². The van der Waals surface area contributed by atoms with E-state index >= 15 is 0 Å². The summed E-state index contributed by atoms with van der Waals surface area (Å²) in [5.41, 5.74) is 2.55. The first-order chi connectivity index (χ1) is 7.86. The Hall–Kier alpha value is -0.900. The number of rotatable bonds is 7. The van der Waals surface area contributed by atoms with E-state index in [9.17, 15) is 0 Å². The van der Waals surface area contributed by atoms with Gasteiger partial charge in [0.15, 0.2) is 0 Å². The Balaban J connectivity index is 2.04. The zero-order valence-corrected chi connectivity index (χ0v) is 10.4. The van der Waals surface area contributed by atoms with Crippen molar-refractivity contribution in [2.24, 2.45) is 0 Å². The Morgan fingerprint density at radius 1 is 1.38 bits per heavy atom. The van der Waals surface area contributed by atoms with E-state index in [4.69, 9.17) is 0 Å². The van der Waals surface area contributed by atoms with E-state index in [0.29, 0.717) is 0 Å². The Morgan fingerprint density at radius 3 is 2.81 bits per heavy atom. The van der Waals surface area contributed by atoms with Crippen LogP contribution in [0.25, 0.3) is 0 Å². The van der Waals surface area contributed by atoms with Crippen molar-refractivity contribution in [3.63, 3.8) is 0 Å². The molecular weight excluding hydrogens is 200 g/mol. The smallest absolute Gasteiger partial charge is 0.0999 e. The van der Waals surface area contributed by atoms with Crippen LogP contribution in [0.15, 0.2) is 0 Å². The maximum Gasteiger partial charge on any atom is 0.0999 e. The first-order valence-electron chi connectivity index (χ1n) is 6.43. The molecule has 0 spiro atoms. The molecule has 0 atom stereocenters. The monoisotopic (exact) mass is 222 g/mol. The predicted octanol–water partition coefficient (Wildman–Crippen LogP) is 2.07. The molecule has 4 heteroatoms. The molecule has 16 heavy (non-hydrogen) atoms. The van der Waals surface area contributed by atoms with Crippen molar-refractivity contribution in [1.29, 1.82) is 0 Å². The topological polar surface area (TPSA) is 42.7 Å². The molecule has 0 radical (unpaired) electrons. The Morgan fingerprint density at radius 2 is 2.19 bits per heavy atom. The zero-order chi connectivity index (χ0) is 11.4. The third kappa shape index (κ3) is 2.61. The highest BCUT2D eigenvalue weighted by molar-refractivity contribution is 5.20. The van der Waals surface area contributed by atoms with Gasteiger partial charge in [-0.05, 0) is 26.3 Å². The molecule has 1 fully saturated rings. The normalized spacial score (nSPS) is 15.6. The molecule has 0 unspecified atom stereocenters. The number of hydrogen-bond acceptors (Lipinski definition) is 3. The van der Waals surface area contributed by atoms with Crippen LogP contribution in [0.3, 0.4) is 0 Å². The van der Waals surface area contributed by atoms with Gasteiger partial charge in [0.25, 0.3) is 0 Å². The molecule has 1 saturated carbocycles. The molecule has 0 amide bonds. The zero-order valence-electron chi connectivity index (χ0n) is 10.4. The van der Waals surface area contributed by atoms with Gasteiger partial charge in [0.1, 0.15) is 0 Å². The highest BCUT2D eigenvalue weighted by Gasteiger charge is 2.30. The van der Waals surface area contributed by atoms with E-state index in [-0.39, 0.29) is 0 Å². The average Bonchev–Trinajstić information content (AvgIpc) is 3.04. The second kappa shape index (κ2) is 5.43. The lowest BCUT2D eigenvalue weighted by Gasteiger charge is -2.06. The molecule has 4 nitrogen and oxygen atoms in total. The lowest BCUT2D eigenvalue weighted by atomic mass is 10.2. The summed E-state index contributed by atoms with van der Waals surface area (Å²) in [6.45, 7) is 4.12. The maximum absolute atomic E-state index is 4.30. The molecule has 1 aromatic heterocycles. The quantitative estimate of drug-likeness (QED) is 0.718. The van der Waals surface area contributed by atoms with Crippen molar-refractivity contribution in [1.82, 2.24) is 20.3 Å². The number of nitrogens with one attached hydrogen (secondary N) is 1. The van der Waals surface area contributed by atoms with Crippen molar-refractivity contribution in [2.45, 2.75) is 58.0 Å². The number of aromatic nitrogens is 3. The number of aryl methyl sites for hydroxylation is 1. The molecule has 1 N–H and O–H groups in total. The van der Waals surface area contributed by atoms with Gasteiger partial charge in [-0.15, -0.1) is 5.10 Å². The fraction of sp³-hybridized carbons (Fsp3) is 0.833. The van der Waals surface area contributed by atoms with Crippen LogP contribution in [0.1, 0.15) is 56.3 Å². The summed E-state index contributed by atoms with van der Waals surface area (Å²) < 4.78 is 2.14. The van der Waals surface area contributed by atoms with Crippen molar-refractivity contribution in [2.75, 3.05) is 7.05 Å². The van der Waals surface area contributed by atoms with Gasteiger partial charge in [-0.3, -0.25) is 0 Å². The SMILES string of the molecule is CCCCCn1nnc(CNC)c1C1CC1. The number of hydrogen-bond donors (Lipinski definition) is 1. The molecule has 0 aromatic carbocycles. The van der Waals surface area contributed by atoms with Crippen LogP contribution in [-0.2, 0) is 13.1 Å². The van der Waals surface area contributed by atoms with Crippen LogP contribution in [0.4, 0.5) is 0 Å². The fourth-order valence-corrected chi connectivity index (χ4v) is 2.13. The molecular formula is C12H22N4. The predicted molar refractivity (Wildman–Crippen MR) is 64.3 cm³/mol. The largest absolute Gasteiger partial charge is 0.314 e. The Bertz CT molecular complexity index is 328. The maximum atomic E-state index is 4.30. The van der Waals surface area contributed by atoms with Gasteiger partial charge in [-0.2, -0.15) is 0 Å². The summed E-state index contributed by atoms with van der Waals surface area (Å²) >= 11 is 0. The molecule has 1 heterocycles. The van der Waals surface area contributed by atoms with E-state index in [1.807, 2.05) is 7.05 Å². The summed E-state index contributed by atoms with van der Waals surface area (Å²) in [6.07, 6.45) is 6.40. The van der Waals surface area contributed by atoms with Crippen LogP contribution in [0.2, 0.25) is 0 Å². The molecule has 0 aliphatic heterocycles. The average molecular weight is 222 g/mol. The molecule has 0 saturated heterocycles. The Kier molecular flexibility index (Phi) is 3.93. The number of unbranched alkanes of at least 4 members (excludes halogenated alkanes) is 2. The minimum Gasteiger partial charge on any atom is -0.314 e. The van der Waals surface area contributed by atoms with Crippen LogP contribution < -0.4 is 5.32 Å². The fourth-order valence-electron chi connectivity index (χ4n) is 2.13. The van der Waals surface area contributed by atoms with Crippen LogP contribution in [-0.4, -0.2) is 22.0 Å². The molecule has 1 aliphatic carbocycles. The minimum atomic E-state index is 0.736. The molecule has 0 bridgehead atoms. The van der Waals surface area contributed by atoms with E-state index in [1.165, 1.54) is 37.8 Å². The van der Waals surface area contributed by atoms with Gasteiger partial charge in [-0.1, -0.05) is 25.0 Å². The van der Waals surface area contributed by atoms with Crippen molar-refractivity contribution < 1.29 is 0 Å². The van der Waals surface area contributed by atoms with Crippen molar-refractivity contribution in [3.05, 3.63) is 11.4 Å². The van der Waals surface area contributed by atoms with Crippen LogP contribution >= 0.6 is 0 Å². The lowest BCUT2D eigenvalue weighted by molar-refractivity contribution is 0.520. The molecule has 2 rings (SSSR count). The minimum absolute atomic E-state index is 0.736. The van der Waals surface area contributed by atoms with Crippen molar-refractivity contribution in [3.8, 4) is 0 Å². The number of nitrogens with zero attached hydrogens (tertiary/aromatic N) is 3. The van der Waals surface area contributed by atoms with E-state index < -0.39 is 0 Å². The first kappa shape index (κ1) is 11.6. The van der Waals surface area contributed by atoms with E-state index in [2.05, 4.69) is 27.2 Å². The van der Waals surface area contributed by atoms with Gasteiger partial charge in [0, 0.05) is 19.0 Å². The summed E-state index contributed by atoms with van der Waals surface area (Å²) in [7, 11) is 1.97. The second-order valence-electron chi connectivity index (χ2n) is 4.66. The highest BCUT2D eigenvalue weighted by atomic mass is 15.4. The van der Waals surface area contributed by atoms with E-state index in [0.717, 1.165) is 24.7 Å². The van der Waals surface area contributed by atoms with Gasteiger partial charge in [0.05, 0.1) is 11.4 Å². The molecule has 1 aliphatic rings. The molecule has 1 aromatic rings. The van der Waals surface area contributed by atoms with Crippen LogP contribution in [0.5, 0.6) is 0 Å². The summed E-state index contributed by atoms with van der Waals surface area (Å²) in [5.74, 6) is 0.736. The summed E-state index contributed by atoms with van der Waals surface area (Å²) in [6, 6.07) is 0. The van der Waals surface area contributed by atoms with Crippen LogP contribution in [0, 0.1) is 0 Å². The standard InChI is InChI=1S/C12H22N4/c1-3-4-5-8-16-12(10-6-7-10)11(9-13-2)14-15-16/h10,13H,3-9H2,1-2H3. The summed E-state index contributed by atoms with van der Waals surface area (Å²) in [5, 5.41) is 11.8. The van der Waals surface area contributed by atoms with Gasteiger partial charge in [-0.25, -0.2) is 4.68 Å². The second-order valence-corrected chi connectivity index (χ2v) is 4.66. The van der Waals surface area contributed by atoms with E-state index in [1.54, 1.807) is 0 Å². The van der Waals surface area contributed by atoms with Gasteiger partial charge < -0.3 is 5.32 Å². The summed E-state index contributed by atoms with van der Waals surface area (Å²) in [4.78, 5) is 0. The highest BCUT2D eigenvalue weighted by Crippen LogP contribution is 2.41. The van der Waals surface area contributed by atoms with Gasteiger partial charge >= 0.3 is 0 Å². The third-order valence-electron chi connectivity index (χ3n) is 3.13. The first-order valence-corrected chi connectivity index (χ1v) is 6.43. The Labute approximate surface area is 97.4 Å². The third-order valence-corrected chi connectivity index (χ3v) is 3.13.